The van der Waals surface area contributed by atoms with E-state index in [0.717, 1.165) is 5.56 Å². The fourth-order valence-corrected chi connectivity index (χ4v) is 1.31. The molecule has 0 bridgehead atoms. The van der Waals surface area contributed by atoms with Gasteiger partial charge in [0.1, 0.15) is 5.82 Å². The van der Waals surface area contributed by atoms with Crippen molar-refractivity contribution in [3.8, 4) is 0 Å². The van der Waals surface area contributed by atoms with Crippen LogP contribution in [-0.2, 0) is 0 Å². The van der Waals surface area contributed by atoms with Gasteiger partial charge in [-0.15, -0.1) is 0 Å². The molecule has 11 heavy (non-hydrogen) atoms. The summed E-state index contributed by atoms with van der Waals surface area (Å²) in [6, 6.07) is 4.59. The first kappa shape index (κ1) is 8.93. The SMILES string of the molecule is C[C@@H](O)c1ccc(F)c(I)c1. The van der Waals surface area contributed by atoms with Crippen molar-refractivity contribution < 1.29 is 9.50 Å². The molecule has 1 aromatic carbocycles. The average Bonchev–Trinajstić information content (AvgIpc) is 1.94. The van der Waals surface area contributed by atoms with E-state index in [4.69, 9.17) is 5.11 Å². The maximum absolute atomic E-state index is 12.7. The lowest BCUT2D eigenvalue weighted by Crippen LogP contribution is -1.92. The van der Waals surface area contributed by atoms with E-state index in [1.165, 1.54) is 6.07 Å². The minimum absolute atomic E-state index is 0.241. The second kappa shape index (κ2) is 3.49. The van der Waals surface area contributed by atoms with Gasteiger partial charge in [-0.1, -0.05) is 6.07 Å². The van der Waals surface area contributed by atoms with E-state index < -0.39 is 6.10 Å². The number of benzene rings is 1. The van der Waals surface area contributed by atoms with Gasteiger partial charge in [-0.05, 0) is 47.2 Å². The molecule has 1 rings (SSSR count). The number of halogens is 2. The molecule has 0 aliphatic rings. The summed E-state index contributed by atoms with van der Waals surface area (Å²) >= 11 is 1.90. The lowest BCUT2D eigenvalue weighted by Gasteiger charge is -2.04. The van der Waals surface area contributed by atoms with Crippen LogP contribution in [0.25, 0.3) is 0 Å². The highest BCUT2D eigenvalue weighted by molar-refractivity contribution is 14.1. The van der Waals surface area contributed by atoms with Crippen LogP contribution in [0.15, 0.2) is 18.2 Å². The summed E-state index contributed by atoms with van der Waals surface area (Å²) in [6.45, 7) is 1.66. The fraction of sp³-hybridized carbons (Fsp3) is 0.250. The molecule has 0 aliphatic heterocycles. The van der Waals surface area contributed by atoms with Crippen LogP contribution in [0.1, 0.15) is 18.6 Å². The van der Waals surface area contributed by atoms with Gasteiger partial charge in [0.15, 0.2) is 0 Å². The number of aliphatic hydroxyl groups is 1. The molecule has 1 aromatic rings. The average molecular weight is 266 g/mol. The van der Waals surface area contributed by atoms with Crippen molar-refractivity contribution in [1.82, 2.24) is 0 Å². The summed E-state index contributed by atoms with van der Waals surface area (Å²) in [5.41, 5.74) is 0.746. The van der Waals surface area contributed by atoms with Crippen LogP contribution in [0.2, 0.25) is 0 Å². The van der Waals surface area contributed by atoms with E-state index in [1.54, 1.807) is 19.1 Å². The maximum Gasteiger partial charge on any atom is 0.136 e. The van der Waals surface area contributed by atoms with Gasteiger partial charge in [-0.2, -0.15) is 0 Å². The van der Waals surface area contributed by atoms with Gasteiger partial charge in [0.2, 0.25) is 0 Å². The Labute approximate surface area is 78.4 Å². The normalized spacial score (nSPS) is 13.1. The summed E-state index contributed by atoms with van der Waals surface area (Å²) < 4.78 is 13.2. The molecule has 0 saturated heterocycles. The Morgan fingerprint density at radius 1 is 1.55 bits per heavy atom. The van der Waals surface area contributed by atoms with Gasteiger partial charge < -0.3 is 5.11 Å². The molecule has 0 aromatic heterocycles. The Morgan fingerprint density at radius 2 is 2.18 bits per heavy atom. The highest BCUT2D eigenvalue weighted by atomic mass is 127. The van der Waals surface area contributed by atoms with E-state index in [-0.39, 0.29) is 5.82 Å². The van der Waals surface area contributed by atoms with E-state index in [1.807, 2.05) is 22.6 Å². The molecule has 0 fully saturated rings. The molecule has 60 valence electrons. The molecule has 0 heterocycles. The Hall–Kier alpha value is -0.160. The third-order valence-corrected chi connectivity index (χ3v) is 2.25. The zero-order chi connectivity index (χ0) is 8.43. The molecule has 0 spiro atoms. The molecule has 1 atom stereocenters. The third kappa shape index (κ3) is 2.13. The van der Waals surface area contributed by atoms with E-state index in [9.17, 15) is 4.39 Å². The monoisotopic (exact) mass is 266 g/mol. The molecule has 1 nitrogen and oxygen atoms in total. The van der Waals surface area contributed by atoms with Crippen LogP contribution < -0.4 is 0 Å². The van der Waals surface area contributed by atoms with Crippen molar-refractivity contribution in [3.63, 3.8) is 0 Å². The zero-order valence-electron chi connectivity index (χ0n) is 6.01. The second-order valence-corrected chi connectivity index (χ2v) is 3.51. The van der Waals surface area contributed by atoms with Crippen LogP contribution in [0, 0.1) is 9.39 Å². The van der Waals surface area contributed by atoms with Gasteiger partial charge >= 0.3 is 0 Å². The molecule has 0 amide bonds. The smallest absolute Gasteiger partial charge is 0.136 e. The quantitative estimate of drug-likeness (QED) is 0.774. The minimum atomic E-state index is -0.524. The third-order valence-electron chi connectivity index (χ3n) is 1.43. The lowest BCUT2D eigenvalue weighted by atomic mass is 10.1. The minimum Gasteiger partial charge on any atom is -0.389 e. The summed E-state index contributed by atoms with van der Waals surface area (Å²) in [6.07, 6.45) is -0.524. The van der Waals surface area contributed by atoms with Gasteiger partial charge in [0.05, 0.1) is 6.10 Å². The second-order valence-electron chi connectivity index (χ2n) is 2.35. The van der Waals surface area contributed by atoms with E-state index >= 15 is 0 Å². The molecular weight excluding hydrogens is 258 g/mol. The number of aliphatic hydroxyl groups excluding tert-OH is 1. The van der Waals surface area contributed by atoms with Crippen molar-refractivity contribution in [2.24, 2.45) is 0 Å². The summed E-state index contributed by atoms with van der Waals surface area (Å²) in [5.74, 6) is -0.241. The van der Waals surface area contributed by atoms with Crippen molar-refractivity contribution >= 4 is 22.6 Å². The molecule has 0 saturated carbocycles. The molecular formula is C8H8FIO. The van der Waals surface area contributed by atoms with Gasteiger partial charge in [-0.25, -0.2) is 4.39 Å². The Morgan fingerprint density at radius 3 is 2.64 bits per heavy atom. The highest BCUT2D eigenvalue weighted by Crippen LogP contribution is 2.17. The zero-order valence-corrected chi connectivity index (χ0v) is 8.17. The predicted octanol–water partition coefficient (Wildman–Crippen LogP) is 2.48. The van der Waals surface area contributed by atoms with E-state index in [0.29, 0.717) is 3.57 Å². The van der Waals surface area contributed by atoms with Crippen molar-refractivity contribution in [2.75, 3.05) is 0 Å². The van der Waals surface area contributed by atoms with E-state index in [2.05, 4.69) is 0 Å². The first-order valence-corrected chi connectivity index (χ1v) is 4.32. The molecule has 0 radical (unpaired) electrons. The lowest BCUT2D eigenvalue weighted by molar-refractivity contribution is 0.199. The maximum atomic E-state index is 12.7. The van der Waals surface area contributed by atoms with Gasteiger partial charge in [-0.3, -0.25) is 0 Å². The van der Waals surface area contributed by atoms with Crippen LogP contribution in [0.3, 0.4) is 0 Å². The van der Waals surface area contributed by atoms with Gasteiger partial charge in [0, 0.05) is 3.57 Å². The predicted molar refractivity (Wildman–Crippen MR) is 49.8 cm³/mol. The fourth-order valence-electron chi connectivity index (χ4n) is 0.772. The molecule has 1 N–H and O–H groups in total. The first-order chi connectivity index (χ1) is 5.11. The van der Waals surface area contributed by atoms with Gasteiger partial charge in [0.25, 0.3) is 0 Å². The van der Waals surface area contributed by atoms with Crippen LogP contribution in [0.5, 0.6) is 0 Å². The summed E-state index contributed by atoms with van der Waals surface area (Å²) in [5, 5.41) is 9.11. The molecule has 3 heteroatoms. The first-order valence-electron chi connectivity index (χ1n) is 3.24. The van der Waals surface area contributed by atoms with Crippen molar-refractivity contribution in [3.05, 3.63) is 33.1 Å². The Balaban J connectivity index is 3.05. The van der Waals surface area contributed by atoms with Crippen molar-refractivity contribution in [2.45, 2.75) is 13.0 Å². The molecule has 0 aliphatic carbocycles. The largest absolute Gasteiger partial charge is 0.389 e. The number of rotatable bonds is 1. The number of hydrogen-bond donors (Lipinski definition) is 1. The standard InChI is InChI=1S/C8H8FIO/c1-5(11)6-2-3-7(9)8(10)4-6/h2-5,11H,1H3/t5-/m1/s1. The summed E-state index contributed by atoms with van der Waals surface area (Å²) in [4.78, 5) is 0. The van der Waals surface area contributed by atoms with Crippen LogP contribution in [0.4, 0.5) is 4.39 Å². The Kier molecular flexibility index (Phi) is 2.84. The summed E-state index contributed by atoms with van der Waals surface area (Å²) in [7, 11) is 0. The molecule has 0 unspecified atom stereocenters. The highest BCUT2D eigenvalue weighted by Gasteiger charge is 2.03. The Bertz CT molecular complexity index is 260. The topological polar surface area (TPSA) is 20.2 Å². The van der Waals surface area contributed by atoms with Crippen molar-refractivity contribution in [1.29, 1.82) is 0 Å². The van der Waals surface area contributed by atoms with Crippen LogP contribution >= 0.6 is 22.6 Å². The number of hydrogen-bond acceptors (Lipinski definition) is 1. The van der Waals surface area contributed by atoms with Crippen LogP contribution in [-0.4, -0.2) is 5.11 Å².